The molecular formula is C17H32N2O6S. The van der Waals surface area contributed by atoms with Crippen LogP contribution in [0.5, 0.6) is 0 Å². The molecule has 0 spiro atoms. The number of piperidine rings is 1. The summed E-state index contributed by atoms with van der Waals surface area (Å²) in [6, 6.07) is 0. The summed E-state index contributed by atoms with van der Waals surface area (Å²) in [6.45, 7) is 7.29. The lowest BCUT2D eigenvalue weighted by Gasteiger charge is -2.34. The molecule has 8 nitrogen and oxygen atoms in total. The van der Waals surface area contributed by atoms with E-state index in [9.17, 15) is 18.0 Å². The number of nitrogens with zero attached hydrogens (tertiary/aromatic N) is 2. The molecule has 1 aliphatic heterocycles. The van der Waals surface area contributed by atoms with E-state index in [1.807, 2.05) is 6.92 Å². The second kappa shape index (κ2) is 10.8. The Labute approximate surface area is 156 Å². The van der Waals surface area contributed by atoms with Crippen molar-refractivity contribution in [2.24, 2.45) is 11.8 Å². The van der Waals surface area contributed by atoms with Gasteiger partial charge in [0.05, 0.1) is 17.6 Å². The zero-order valence-electron chi connectivity index (χ0n) is 16.0. The Balaban J connectivity index is 2.79. The zero-order valence-corrected chi connectivity index (χ0v) is 16.8. The molecule has 1 heterocycles. The molecule has 1 N–H and O–H groups in total. The Kier molecular flexibility index (Phi) is 9.52. The Morgan fingerprint density at radius 3 is 2.62 bits per heavy atom. The lowest BCUT2D eigenvalue weighted by molar-refractivity contribution is -0.144. The number of hydrogen-bond acceptors (Lipinski definition) is 5. The predicted molar refractivity (Wildman–Crippen MR) is 98.2 cm³/mol. The van der Waals surface area contributed by atoms with Gasteiger partial charge in [-0.15, -0.1) is 0 Å². The Bertz CT molecular complexity index is 566. The van der Waals surface area contributed by atoms with Crippen LogP contribution in [-0.2, 0) is 24.3 Å². The highest BCUT2D eigenvalue weighted by Crippen LogP contribution is 2.22. The van der Waals surface area contributed by atoms with E-state index in [0.717, 1.165) is 0 Å². The average Bonchev–Trinajstić information content (AvgIpc) is 2.63. The van der Waals surface area contributed by atoms with E-state index in [4.69, 9.17) is 9.84 Å². The summed E-state index contributed by atoms with van der Waals surface area (Å²) in [5, 5.41) is 9.16. The van der Waals surface area contributed by atoms with Crippen molar-refractivity contribution in [1.82, 2.24) is 9.21 Å². The van der Waals surface area contributed by atoms with Gasteiger partial charge in [0.1, 0.15) is 0 Å². The van der Waals surface area contributed by atoms with Crippen molar-refractivity contribution >= 4 is 21.9 Å². The molecule has 1 fully saturated rings. The third kappa shape index (κ3) is 6.85. The molecule has 1 saturated heterocycles. The molecule has 1 amide bonds. The van der Waals surface area contributed by atoms with Gasteiger partial charge in [0.15, 0.2) is 0 Å². The summed E-state index contributed by atoms with van der Waals surface area (Å²) in [4.78, 5) is 25.7. The van der Waals surface area contributed by atoms with Crippen LogP contribution in [0.15, 0.2) is 0 Å². The molecule has 2 atom stereocenters. The fraction of sp³-hybridized carbons (Fsp3) is 0.882. The smallest absolute Gasteiger partial charge is 0.308 e. The van der Waals surface area contributed by atoms with Crippen LogP contribution in [0.2, 0.25) is 0 Å². The summed E-state index contributed by atoms with van der Waals surface area (Å²) in [6.07, 6.45) is 1.88. The summed E-state index contributed by atoms with van der Waals surface area (Å²) in [5.74, 6) is -2.19. The van der Waals surface area contributed by atoms with Crippen molar-refractivity contribution in [2.45, 2.75) is 40.0 Å². The van der Waals surface area contributed by atoms with Crippen molar-refractivity contribution in [2.75, 3.05) is 45.1 Å². The molecule has 2 unspecified atom stereocenters. The Morgan fingerprint density at radius 1 is 1.35 bits per heavy atom. The predicted octanol–water partition coefficient (Wildman–Crippen LogP) is 1.02. The molecule has 1 aliphatic rings. The fourth-order valence-electron chi connectivity index (χ4n) is 3.04. The minimum absolute atomic E-state index is 0.0159. The SMILES string of the molecule is CCOCCCN(CC(C)C(=O)O)C(=O)C1CCCN(S(=O)(=O)CC)C1. The first kappa shape index (κ1) is 22.9. The maximum absolute atomic E-state index is 13.0. The van der Waals surface area contributed by atoms with Crippen LogP contribution in [0.3, 0.4) is 0 Å². The van der Waals surface area contributed by atoms with E-state index in [-0.39, 0.29) is 24.7 Å². The highest BCUT2D eigenvalue weighted by atomic mass is 32.2. The first-order valence-corrected chi connectivity index (χ1v) is 10.9. The molecule has 9 heteroatoms. The van der Waals surface area contributed by atoms with E-state index in [0.29, 0.717) is 45.6 Å². The van der Waals surface area contributed by atoms with E-state index >= 15 is 0 Å². The normalized spacial score (nSPS) is 19.9. The lowest BCUT2D eigenvalue weighted by atomic mass is 9.97. The van der Waals surface area contributed by atoms with Crippen molar-refractivity contribution in [3.8, 4) is 0 Å². The molecule has 0 aromatic carbocycles. The summed E-state index contributed by atoms with van der Waals surface area (Å²) in [7, 11) is -3.33. The van der Waals surface area contributed by atoms with Gasteiger partial charge in [-0.2, -0.15) is 0 Å². The van der Waals surface area contributed by atoms with Gasteiger partial charge in [0.25, 0.3) is 0 Å². The van der Waals surface area contributed by atoms with Gasteiger partial charge >= 0.3 is 5.97 Å². The molecule has 26 heavy (non-hydrogen) atoms. The van der Waals surface area contributed by atoms with Gasteiger partial charge in [0, 0.05) is 39.4 Å². The fourth-order valence-corrected chi connectivity index (χ4v) is 4.22. The number of carboxylic acid groups (broad SMARTS) is 1. The second-order valence-corrected chi connectivity index (χ2v) is 8.93. The second-order valence-electron chi connectivity index (χ2n) is 6.67. The zero-order chi connectivity index (χ0) is 19.7. The van der Waals surface area contributed by atoms with Crippen molar-refractivity contribution in [3.05, 3.63) is 0 Å². The molecule has 0 saturated carbocycles. The molecule has 1 rings (SSSR count). The van der Waals surface area contributed by atoms with E-state index in [2.05, 4.69) is 0 Å². The topological polar surface area (TPSA) is 104 Å². The van der Waals surface area contributed by atoms with E-state index < -0.39 is 27.8 Å². The highest BCUT2D eigenvalue weighted by molar-refractivity contribution is 7.89. The van der Waals surface area contributed by atoms with Gasteiger partial charge < -0.3 is 14.7 Å². The van der Waals surface area contributed by atoms with Gasteiger partial charge in [0.2, 0.25) is 15.9 Å². The third-order valence-electron chi connectivity index (χ3n) is 4.64. The summed E-state index contributed by atoms with van der Waals surface area (Å²) in [5.41, 5.74) is 0. The third-order valence-corrected chi connectivity index (χ3v) is 6.49. The van der Waals surface area contributed by atoms with Crippen LogP contribution >= 0.6 is 0 Å². The monoisotopic (exact) mass is 392 g/mol. The van der Waals surface area contributed by atoms with E-state index in [1.165, 1.54) is 4.31 Å². The lowest BCUT2D eigenvalue weighted by Crippen LogP contribution is -2.48. The van der Waals surface area contributed by atoms with Crippen LogP contribution in [0.1, 0.15) is 40.0 Å². The maximum Gasteiger partial charge on any atom is 0.308 e. The molecule has 0 radical (unpaired) electrons. The Hall–Kier alpha value is -1.19. The largest absolute Gasteiger partial charge is 0.481 e. The summed E-state index contributed by atoms with van der Waals surface area (Å²) >= 11 is 0. The average molecular weight is 393 g/mol. The molecule has 0 aromatic heterocycles. The van der Waals surface area contributed by atoms with Crippen LogP contribution in [-0.4, -0.2) is 79.8 Å². The highest BCUT2D eigenvalue weighted by Gasteiger charge is 2.34. The molecule has 0 bridgehead atoms. The minimum atomic E-state index is -3.33. The number of carboxylic acids is 1. The number of sulfonamides is 1. The first-order valence-electron chi connectivity index (χ1n) is 9.30. The number of aliphatic carboxylic acids is 1. The molecular weight excluding hydrogens is 360 g/mol. The van der Waals surface area contributed by atoms with Crippen LogP contribution in [0, 0.1) is 11.8 Å². The molecule has 152 valence electrons. The minimum Gasteiger partial charge on any atom is -0.481 e. The maximum atomic E-state index is 13.0. The Morgan fingerprint density at radius 2 is 2.04 bits per heavy atom. The van der Waals surface area contributed by atoms with Gasteiger partial charge in [-0.3, -0.25) is 9.59 Å². The van der Waals surface area contributed by atoms with Gasteiger partial charge in [-0.1, -0.05) is 6.92 Å². The quantitative estimate of drug-likeness (QED) is 0.527. The van der Waals surface area contributed by atoms with Crippen molar-refractivity contribution in [3.63, 3.8) is 0 Å². The van der Waals surface area contributed by atoms with Gasteiger partial charge in [-0.25, -0.2) is 12.7 Å². The number of hydrogen-bond donors (Lipinski definition) is 1. The number of amides is 1. The number of carbonyl (C=O) groups is 2. The number of carbonyl (C=O) groups excluding carboxylic acids is 1. The van der Waals surface area contributed by atoms with E-state index in [1.54, 1.807) is 18.7 Å². The molecule has 0 aliphatic carbocycles. The van der Waals surface area contributed by atoms with Crippen LogP contribution in [0.25, 0.3) is 0 Å². The first-order chi connectivity index (χ1) is 12.2. The van der Waals surface area contributed by atoms with Crippen LogP contribution < -0.4 is 0 Å². The number of ether oxygens (including phenoxy) is 1. The number of rotatable bonds is 11. The molecule has 0 aromatic rings. The van der Waals surface area contributed by atoms with Gasteiger partial charge in [-0.05, 0) is 33.1 Å². The standard InChI is InChI=1S/C17H32N2O6S/c1-4-25-11-7-9-18(12-14(3)17(21)22)16(20)15-8-6-10-19(13-15)26(23,24)5-2/h14-15H,4-13H2,1-3H3,(H,21,22). The summed E-state index contributed by atoms with van der Waals surface area (Å²) < 4.78 is 30.9. The van der Waals surface area contributed by atoms with Crippen LogP contribution in [0.4, 0.5) is 0 Å². The van der Waals surface area contributed by atoms with Crippen molar-refractivity contribution < 1.29 is 27.9 Å². The van der Waals surface area contributed by atoms with Crippen molar-refractivity contribution in [1.29, 1.82) is 0 Å².